The van der Waals surface area contributed by atoms with E-state index in [1.165, 1.54) is 19.3 Å². The van der Waals surface area contributed by atoms with E-state index in [0.29, 0.717) is 6.04 Å². The molecule has 0 saturated heterocycles. The van der Waals surface area contributed by atoms with Crippen molar-refractivity contribution in [1.29, 1.82) is 0 Å². The second kappa shape index (κ2) is 5.61. The lowest BCUT2D eigenvalue weighted by Gasteiger charge is -2.18. The van der Waals surface area contributed by atoms with Crippen molar-refractivity contribution in [2.24, 2.45) is 0 Å². The number of likely N-dealkylation sites (N-methyl/N-ethyl adjacent to an activating group) is 1. The minimum atomic E-state index is -0.0643. The molecule has 0 aromatic heterocycles. The van der Waals surface area contributed by atoms with Crippen molar-refractivity contribution in [3.63, 3.8) is 0 Å². The molecule has 4 heteroatoms. The van der Waals surface area contributed by atoms with Crippen LogP contribution in [0.15, 0.2) is 0 Å². The highest BCUT2D eigenvalue weighted by Gasteiger charge is 2.26. The largest absolute Gasteiger partial charge is 0.358 e. The Hall–Kier alpha value is -0.220. The molecule has 2 N–H and O–H groups in total. The summed E-state index contributed by atoms with van der Waals surface area (Å²) in [5, 5.41) is 6.81. The molecule has 0 heterocycles. The van der Waals surface area contributed by atoms with Gasteiger partial charge in [-0.25, -0.2) is 0 Å². The van der Waals surface area contributed by atoms with Gasteiger partial charge in [0.25, 0.3) is 0 Å². The van der Waals surface area contributed by atoms with Gasteiger partial charge in [0, 0.05) is 18.3 Å². The SMILES string of the molecule is CNC(=O)C(C)NC1CCC(SC)C1. The van der Waals surface area contributed by atoms with E-state index in [1.807, 2.05) is 18.7 Å². The van der Waals surface area contributed by atoms with Gasteiger partial charge >= 0.3 is 0 Å². The zero-order valence-corrected chi connectivity index (χ0v) is 9.99. The summed E-state index contributed by atoms with van der Waals surface area (Å²) in [6.45, 7) is 1.92. The molecule has 3 atom stereocenters. The van der Waals surface area contributed by atoms with Crippen LogP contribution in [0.5, 0.6) is 0 Å². The van der Waals surface area contributed by atoms with Crippen LogP contribution in [0.3, 0.4) is 0 Å². The van der Waals surface area contributed by atoms with Crippen LogP contribution in [0.2, 0.25) is 0 Å². The molecule has 14 heavy (non-hydrogen) atoms. The highest BCUT2D eigenvalue weighted by Crippen LogP contribution is 2.28. The molecule has 1 fully saturated rings. The number of carbonyl (C=O) groups is 1. The van der Waals surface area contributed by atoms with Crippen LogP contribution in [0, 0.1) is 0 Å². The van der Waals surface area contributed by atoms with Crippen molar-refractivity contribution >= 4 is 17.7 Å². The summed E-state index contributed by atoms with van der Waals surface area (Å²) >= 11 is 1.94. The van der Waals surface area contributed by atoms with Gasteiger partial charge < -0.3 is 10.6 Å². The third kappa shape index (κ3) is 3.17. The highest BCUT2D eigenvalue weighted by atomic mass is 32.2. The molecule has 1 aliphatic rings. The van der Waals surface area contributed by atoms with Gasteiger partial charge in [-0.1, -0.05) is 0 Å². The molecule has 82 valence electrons. The summed E-state index contributed by atoms with van der Waals surface area (Å²) in [4.78, 5) is 11.3. The van der Waals surface area contributed by atoms with Crippen LogP contribution in [0.1, 0.15) is 26.2 Å². The van der Waals surface area contributed by atoms with Gasteiger partial charge in [0.15, 0.2) is 0 Å². The van der Waals surface area contributed by atoms with Gasteiger partial charge in [-0.3, -0.25) is 4.79 Å². The minimum absolute atomic E-state index is 0.0643. The molecular formula is C10H20N2OS. The molecule has 0 aromatic carbocycles. The van der Waals surface area contributed by atoms with E-state index in [4.69, 9.17) is 0 Å². The molecule has 0 spiro atoms. The first-order valence-corrected chi connectivity index (χ1v) is 6.46. The molecule has 1 saturated carbocycles. The number of amides is 1. The predicted molar refractivity (Wildman–Crippen MR) is 61.6 cm³/mol. The summed E-state index contributed by atoms with van der Waals surface area (Å²) in [6, 6.07) is 0.463. The Morgan fingerprint density at radius 3 is 2.71 bits per heavy atom. The maximum atomic E-state index is 11.3. The van der Waals surface area contributed by atoms with Gasteiger partial charge in [-0.15, -0.1) is 0 Å². The van der Waals surface area contributed by atoms with Crippen molar-refractivity contribution in [1.82, 2.24) is 10.6 Å². The average molecular weight is 216 g/mol. The van der Waals surface area contributed by atoms with E-state index in [9.17, 15) is 4.79 Å². The van der Waals surface area contributed by atoms with Crippen molar-refractivity contribution in [2.75, 3.05) is 13.3 Å². The van der Waals surface area contributed by atoms with Crippen LogP contribution >= 0.6 is 11.8 Å². The highest BCUT2D eigenvalue weighted by molar-refractivity contribution is 7.99. The lowest BCUT2D eigenvalue weighted by molar-refractivity contribution is -0.122. The number of nitrogens with one attached hydrogen (secondary N) is 2. The van der Waals surface area contributed by atoms with Gasteiger partial charge in [0.2, 0.25) is 5.91 Å². The molecule has 0 aromatic rings. The maximum absolute atomic E-state index is 11.3. The van der Waals surface area contributed by atoms with E-state index in [2.05, 4.69) is 16.9 Å². The second-order valence-corrected chi connectivity index (χ2v) is 5.01. The van der Waals surface area contributed by atoms with E-state index >= 15 is 0 Å². The lowest BCUT2D eigenvalue weighted by atomic mass is 10.2. The maximum Gasteiger partial charge on any atom is 0.236 e. The zero-order valence-electron chi connectivity index (χ0n) is 9.17. The zero-order chi connectivity index (χ0) is 10.6. The smallest absolute Gasteiger partial charge is 0.236 e. The fourth-order valence-electron chi connectivity index (χ4n) is 1.95. The molecule has 0 bridgehead atoms. The number of hydrogen-bond acceptors (Lipinski definition) is 3. The Labute approximate surface area is 90.4 Å². The third-order valence-corrected chi connectivity index (χ3v) is 3.94. The summed E-state index contributed by atoms with van der Waals surface area (Å²) in [7, 11) is 1.68. The monoisotopic (exact) mass is 216 g/mol. The quantitative estimate of drug-likeness (QED) is 0.736. The Morgan fingerprint density at radius 1 is 1.50 bits per heavy atom. The Bertz CT molecular complexity index is 199. The van der Waals surface area contributed by atoms with E-state index < -0.39 is 0 Å². The molecule has 1 rings (SSSR count). The van der Waals surface area contributed by atoms with E-state index in [0.717, 1.165) is 5.25 Å². The van der Waals surface area contributed by atoms with Gasteiger partial charge in [0.05, 0.1) is 6.04 Å². The van der Waals surface area contributed by atoms with Crippen molar-refractivity contribution in [3.05, 3.63) is 0 Å². The standard InChI is InChI=1S/C10H20N2OS/c1-7(10(13)11-2)12-8-4-5-9(6-8)14-3/h7-9,12H,4-6H2,1-3H3,(H,11,13). The number of rotatable bonds is 4. The van der Waals surface area contributed by atoms with Crippen LogP contribution in [-0.2, 0) is 4.79 Å². The van der Waals surface area contributed by atoms with Crippen LogP contribution in [0.4, 0.5) is 0 Å². The number of thioether (sulfide) groups is 1. The molecule has 0 aliphatic heterocycles. The third-order valence-electron chi connectivity index (χ3n) is 2.84. The average Bonchev–Trinajstić information content (AvgIpc) is 2.64. The fraction of sp³-hybridized carbons (Fsp3) is 0.900. The van der Waals surface area contributed by atoms with Crippen molar-refractivity contribution < 1.29 is 4.79 Å². The second-order valence-electron chi connectivity index (χ2n) is 3.87. The first kappa shape index (κ1) is 11.9. The van der Waals surface area contributed by atoms with Gasteiger partial charge in [0.1, 0.15) is 0 Å². The summed E-state index contributed by atoms with van der Waals surface area (Å²) in [5.41, 5.74) is 0. The molecule has 1 aliphatic carbocycles. The molecular weight excluding hydrogens is 196 g/mol. The predicted octanol–water partition coefficient (Wildman–Crippen LogP) is 0.995. The molecule has 1 amide bonds. The normalized spacial score (nSPS) is 28.8. The number of carbonyl (C=O) groups excluding carboxylic acids is 1. The Morgan fingerprint density at radius 2 is 2.21 bits per heavy atom. The Kier molecular flexibility index (Phi) is 4.75. The van der Waals surface area contributed by atoms with E-state index in [1.54, 1.807) is 7.05 Å². The summed E-state index contributed by atoms with van der Waals surface area (Å²) in [5.74, 6) is 0.0811. The van der Waals surface area contributed by atoms with Crippen molar-refractivity contribution in [3.8, 4) is 0 Å². The minimum Gasteiger partial charge on any atom is -0.358 e. The molecule has 3 unspecified atom stereocenters. The number of hydrogen-bond donors (Lipinski definition) is 2. The first-order valence-electron chi connectivity index (χ1n) is 5.17. The van der Waals surface area contributed by atoms with Crippen molar-refractivity contribution in [2.45, 2.75) is 43.5 Å². The lowest BCUT2D eigenvalue weighted by Crippen LogP contribution is -2.44. The first-order chi connectivity index (χ1) is 6.67. The van der Waals surface area contributed by atoms with Crippen LogP contribution in [-0.4, -0.2) is 36.5 Å². The van der Waals surface area contributed by atoms with Crippen LogP contribution in [0.25, 0.3) is 0 Å². The van der Waals surface area contributed by atoms with Gasteiger partial charge in [-0.05, 0) is 32.4 Å². The topological polar surface area (TPSA) is 41.1 Å². The summed E-state index contributed by atoms with van der Waals surface area (Å²) in [6.07, 6.45) is 5.84. The molecule has 0 radical (unpaired) electrons. The van der Waals surface area contributed by atoms with E-state index in [-0.39, 0.29) is 11.9 Å². The fourth-order valence-corrected chi connectivity index (χ4v) is 2.75. The van der Waals surface area contributed by atoms with Crippen LogP contribution < -0.4 is 10.6 Å². The molecule has 3 nitrogen and oxygen atoms in total. The van der Waals surface area contributed by atoms with Gasteiger partial charge in [-0.2, -0.15) is 11.8 Å². The Balaban J connectivity index is 2.28. The summed E-state index contributed by atoms with van der Waals surface area (Å²) < 4.78 is 0.